The first-order valence-electron chi connectivity index (χ1n) is 6.03. The zero-order valence-corrected chi connectivity index (χ0v) is 10.1. The standard InChI is InChI=1S/C11H17N5O2/c17-16(18)10-1-2-13-11(9-10)14-5-8-15-6-3-12-4-7-15/h1-2,9,12H,3-8H2,(H,13,14). The highest BCUT2D eigenvalue weighted by atomic mass is 16.6. The van der Waals surface area contributed by atoms with Gasteiger partial charge < -0.3 is 10.6 Å². The second-order valence-corrected chi connectivity index (χ2v) is 4.17. The highest BCUT2D eigenvalue weighted by Crippen LogP contribution is 2.13. The van der Waals surface area contributed by atoms with Gasteiger partial charge in [0, 0.05) is 51.5 Å². The lowest BCUT2D eigenvalue weighted by molar-refractivity contribution is -0.384. The fraction of sp³-hybridized carbons (Fsp3) is 0.545. The predicted molar refractivity (Wildman–Crippen MR) is 68.7 cm³/mol. The minimum Gasteiger partial charge on any atom is -0.369 e. The third-order valence-corrected chi connectivity index (χ3v) is 2.90. The van der Waals surface area contributed by atoms with Crippen LogP contribution in [0.25, 0.3) is 0 Å². The molecule has 1 fully saturated rings. The third-order valence-electron chi connectivity index (χ3n) is 2.90. The molecule has 0 bridgehead atoms. The molecule has 1 saturated heterocycles. The summed E-state index contributed by atoms with van der Waals surface area (Å²) in [6.45, 7) is 5.80. The molecule has 0 aliphatic carbocycles. The lowest BCUT2D eigenvalue weighted by Crippen LogP contribution is -2.45. The Kier molecular flexibility index (Phi) is 4.43. The van der Waals surface area contributed by atoms with Crippen LogP contribution >= 0.6 is 0 Å². The number of nitrogens with zero attached hydrogens (tertiary/aromatic N) is 3. The topological polar surface area (TPSA) is 83.3 Å². The summed E-state index contributed by atoms with van der Waals surface area (Å²) in [5.41, 5.74) is 0.0645. The quantitative estimate of drug-likeness (QED) is 0.579. The van der Waals surface area contributed by atoms with Gasteiger partial charge in [-0.15, -0.1) is 0 Å². The van der Waals surface area contributed by atoms with E-state index in [-0.39, 0.29) is 5.69 Å². The number of rotatable bonds is 5. The number of aromatic nitrogens is 1. The summed E-state index contributed by atoms with van der Waals surface area (Å²) in [7, 11) is 0. The van der Waals surface area contributed by atoms with Gasteiger partial charge in [-0.1, -0.05) is 0 Å². The molecule has 98 valence electrons. The average Bonchev–Trinajstić information content (AvgIpc) is 2.40. The lowest BCUT2D eigenvalue weighted by Gasteiger charge is -2.27. The molecule has 1 aromatic rings. The number of pyridine rings is 1. The van der Waals surface area contributed by atoms with Gasteiger partial charge >= 0.3 is 0 Å². The molecule has 0 radical (unpaired) electrons. The van der Waals surface area contributed by atoms with E-state index in [1.54, 1.807) is 0 Å². The molecule has 0 saturated carbocycles. The van der Waals surface area contributed by atoms with Gasteiger partial charge in [-0.25, -0.2) is 4.98 Å². The molecule has 1 aliphatic rings. The molecule has 0 amide bonds. The summed E-state index contributed by atoms with van der Waals surface area (Å²) in [5, 5.41) is 17.0. The molecule has 1 aromatic heterocycles. The van der Waals surface area contributed by atoms with Gasteiger partial charge in [0.05, 0.1) is 11.0 Å². The van der Waals surface area contributed by atoms with E-state index < -0.39 is 4.92 Å². The maximum Gasteiger partial charge on any atom is 0.274 e. The van der Waals surface area contributed by atoms with Crippen molar-refractivity contribution in [3.63, 3.8) is 0 Å². The summed E-state index contributed by atoms with van der Waals surface area (Å²) < 4.78 is 0. The van der Waals surface area contributed by atoms with E-state index in [1.807, 2.05) is 0 Å². The average molecular weight is 251 g/mol. The van der Waals surface area contributed by atoms with Crippen LogP contribution in [0.15, 0.2) is 18.3 Å². The van der Waals surface area contributed by atoms with Gasteiger partial charge in [0.15, 0.2) is 0 Å². The molecule has 2 heterocycles. The molecule has 0 atom stereocenters. The minimum atomic E-state index is -0.414. The molecule has 7 nitrogen and oxygen atoms in total. The van der Waals surface area contributed by atoms with E-state index >= 15 is 0 Å². The SMILES string of the molecule is O=[N+]([O-])c1ccnc(NCCN2CCNCC2)c1. The van der Waals surface area contributed by atoms with E-state index in [1.165, 1.54) is 18.3 Å². The number of piperazine rings is 1. The van der Waals surface area contributed by atoms with Crippen LogP contribution in [0.4, 0.5) is 11.5 Å². The predicted octanol–water partition coefficient (Wildman–Crippen LogP) is 0.307. The number of anilines is 1. The van der Waals surface area contributed by atoms with Crippen molar-refractivity contribution in [3.05, 3.63) is 28.4 Å². The first kappa shape index (κ1) is 12.7. The van der Waals surface area contributed by atoms with Crippen LogP contribution in [0.1, 0.15) is 0 Å². The van der Waals surface area contributed by atoms with Crippen molar-refractivity contribution >= 4 is 11.5 Å². The van der Waals surface area contributed by atoms with E-state index in [0.29, 0.717) is 5.82 Å². The minimum absolute atomic E-state index is 0.0645. The molecule has 2 N–H and O–H groups in total. The van der Waals surface area contributed by atoms with Crippen molar-refractivity contribution in [2.75, 3.05) is 44.6 Å². The molecule has 0 unspecified atom stereocenters. The molecular formula is C11H17N5O2. The van der Waals surface area contributed by atoms with Crippen LogP contribution in [0, 0.1) is 10.1 Å². The third kappa shape index (κ3) is 3.64. The highest BCUT2D eigenvalue weighted by Gasteiger charge is 2.09. The first-order chi connectivity index (χ1) is 8.75. The van der Waals surface area contributed by atoms with Crippen molar-refractivity contribution in [3.8, 4) is 0 Å². The van der Waals surface area contributed by atoms with Crippen molar-refractivity contribution in [2.24, 2.45) is 0 Å². The smallest absolute Gasteiger partial charge is 0.274 e. The molecular weight excluding hydrogens is 234 g/mol. The van der Waals surface area contributed by atoms with Crippen LogP contribution in [0.2, 0.25) is 0 Å². The van der Waals surface area contributed by atoms with Crippen molar-refractivity contribution in [1.82, 2.24) is 15.2 Å². The molecule has 7 heteroatoms. The van der Waals surface area contributed by atoms with E-state index in [9.17, 15) is 10.1 Å². The molecule has 2 rings (SSSR count). The van der Waals surface area contributed by atoms with Crippen LogP contribution in [0.3, 0.4) is 0 Å². The van der Waals surface area contributed by atoms with Gasteiger partial charge in [0.1, 0.15) is 5.82 Å². The summed E-state index contributed by atoms with van der Waals surface area (Å²) in [5.74, 6) is 0.555. The second-order valence-electron chi connectivity index (χ2n) is 4.17. The van der Waals surface area contributed by atoms with Crippen LogP contribution in [-0.2, 0) is 0 Å². The molecule has 0 spiro atoms. The fourth-order valence-corrected chi connectivity index (χ4v) is 1.91. The van der Waals surface area contributed by atoms with Gasteiger partial charge in [0.2, 0.25) is 0 Å². The Morgan fingerprint density at radius 2 is 2.28 bits per heavy atom. The normalized spacial score (nSPS) is 16.4. The summed E-state index contributed by atoms with van der Waals surface area (Å²) in [6.07, 6.45) is 1.45. The summed E-state index contributed by atoms with van der Waals surface area (Å²) >= 11 is 0. The Labute approximate surface area is 105 Å². The van der Waals surface area contributed by atoms with Gasteiger partial charge in [-0.05, 0) is 0 Å². The van der Waals surface area contributed by atoms with E-state index in [4.69, 9.17) is 0 Å². The maximum absolute atomic E-state index is 10.6. The molecule has 18 heavy (non-hydrogen) atoms. The largest absolute Gasteiger partial charge is 0.369 e. The van der Waals surface area contributed by atoms with Crippen molar-refractivity contribution in [1.29, 1.82) is 0 Å². The van der Waals surface area contributed by atoms with Gasteiger partial charge in [-0.3, -0.25) is 15.0 Å². The Bertz CT molecular complexity index is 406. The fourth-order valence-electron chi connectivity index (χ4n) is 1.91. The van der Waals surface area contributed by atoms with E-state index in [2.05, 4.69) is 20.5 Å². The Balaban J connectivity index is 1.78. The Morgan fingerprint density at radius 1 is 1.50 bits per heavy atom. The number of nitrogens with one attached hydrogen (secondary N) is 2. The van der Waals surface area contributed by atoms with Crippen LogP contribution in [-0.4, -0.2) is 54.1 Å². The lowest BCUT2D eigenvalue weighted by atomic mass is 10.3. The number of nitro groups is 1. The Hall–Kier alpha value is -1.73. The second kappa shape index (κ2) is 6.27. The van der Waals surface area contributed by atoms with Crippen LogP contribution < -0.4 is 10.6 Å². The van der Waals surface area contributed by atoms with Crippen molar-refractivity contribution < 1.29 is 4.92 Å². The van der Waals surface area contributed by atoms with Gasteiger partial charge in [0.25, 0.3) is 5.69 Å². The zero-order chi connectivity index (χ0) is 12.8. The number of hydrogen-bond donors (Lipinski definition) is 2. The number of hydrogen-bond acceptors (Lipinski definition) is 6. The van der Waals surface area contributed by atoms with Gasteiger partial charge in [-0.2, -0.15) is 0 Å². The molecule has 1 aliphatic heterocycles. The first-order valence-corrected chi connectivity index (χ1v) is 6.03. The maximum atomic E-state index is 10.6. The molecule has 0 aromatic carbocycles. The highest BCUT2D eigenvalue weighted by molar-refractivity contribution is 5.44. The summed E-state index contributed by atoms with van der Waals surface area (Å²) in [4.78, 5) is 16.6. The summed E-state index contributed by atoms with van der Waals surface area (Å²) in [6, 6.07) is 2.85. The monoisotopic (exact) mass is 251 g/mol. The van der Waals surface area contributed by atoms with Crippen molar-refractivity contribution in [2.45, 2.75) is 0 Å². The van der Waals surface area contributed by atoms with Crippen LogP contribution in [0.5, 0.6) is 0 Å². The Morgan fingerprint density at radius 3 is 3.00 bits per heavy atom. The van der Waals surface area contributed by atoms with E-state index in [0.717, 1.165) is 39.3 Å². The zero-order valence-electron chi connectivity index (χ0n) is 10.1.